The maximum absolute atomic E-state index is 13.4. The fraction of sp³-hybridized carbons (Fsp3) is 0.188. The number of fused-ring (bicyclic) bond motifs is 1. The molecule has 0 aliphatic heterocycles. The number of carbonyl (C=O) groups excluding carboxylic acids is 1. The van der Waals surface area contributed by atoms with Gasteiger partial charge < -0.3 is 9.72 Å². The maximum atomic E-state index is 13.4. The topological polar surface area (TPSA) is 84.9 Å². The van der Waals surface area contributed by atoms with Crippen LogP contribution in [0, 0.1) is 19.7 Å². The molecule has 0 amide bonds. The number of halogens is 1. The van der Waals surface area contributed by atoms with E-state index in [0.29, 0.717) is 45.4 Å². The third-order valence-electron chi connectivity index (χ3n) is 6.74. The van der Waals surface area contributed by atoms with Crippen LogP contribution in [0.3, 0.4) is 0 Å². The number of rotatable bonds is 7. The molecule has 0 atom stereocenters. The lowest BCUT2D eigenvalue weighted by Gasteiger charge is -2.12. The molecule has 6 nitrogen and oxygen atoms in total. The molecule has 0 fully saturated rings. The van der Waals surface area contributed by atoms with Crippen molar-refractivity contribution in [1.82, 2.24) is 15.0 Å². The number of carbonyl (C=O) groups is 1. The molecular weight excluding hydrogens is 493 g/mol. The van der Waals surface area contributed by atoms with Gasteiger partial charge in [0.05, 0.1) is 11.1 Å². The minimum Gasteiger partial charge on any atom is -0.455 e. The summed E-state index contributed by atoms with van der Waals surface area (Å²) in [6.07, 6.45) is 3.58. The maximum Gasteiger partial charge on any atom is 0.200 e. The highest BCUT2D eigenvalue weighted by molar-refractivity contribution is 5.99. The lowest BCUT2D eigenvalue weighted by molar-refractivity contribution is 0.0991. The van der Waals surface area contributed by atoms with E-state index in [1.54, 1.807) is 62.5 Å². The quantitative estimate of drug-likeness (QED) is 0.231. The number of pyridine rings is 3. The van der Waals surface area contributed by atoms with Crippen LogP contribution in [-0.2, 0) is 6.42 Å². The molecule has 5 aromatic rings. The first-order valence-electron chi connectivity index (χ1n) is 12.8. The third kappa shape index (κ3) is 5.34. The Bertz CT molecular complexity index is 1740. The van der Waals surface area contributed by atoms with Crippen molar-refractivity contribution in [2.24, 2.45) is 0 Å². The molecule has 0 aliphatic carbocycles. The van der Waals surface area contributed by atoms with Crippen molar-refractivity contribution in [2.45, 2.75) is 40.0 Å². The Hall–Kier alpha value is -4.65. The molecule has 0 saturated heterocycles. The SMILES string of the molecule is Cc1[nH]c(C)c(-c2ccc(F)cc2)c(=O)c1C(=O)Cc1ccc(Oc2ccnc3cc(C(C)C)cnc23)cc1. The van der Waals surface area contributed by atoms with Gasteiger partial charge >= 0.3 is 0 Å². The Morgan fingerprint density at radius 1 is 0.974 bits per heavy atom. The van der Waals surface area contributed by atoms with Gasteiger partial charge in [0.2, 0.25) is 5.43 Å². The molecule has 3 aromatic heterocycles. The summed E-state index contributed by atoms with van der Waals surface area (Å²) in [4.78, 5) is 38.8. The molecule has 1 N–H and O–H groups in total. The Morgan fingerprint density at radius 2 is 1.69 bits per heavy atom. The molecule has 5 rings (SSSR count). The van der Waals surface area contributed by atoms with E-state index in [9.17, 15) is 14.0 Å². The van der Waals surface area contributed by atoms with Crippen molar-refractivity contribution in [3.8, 4) is 22.6 Å². The molecule has 0 bridgehead atoms. The van der Waals surface area contributed by atoms with Gasteiger partial charge in [-0.25, -0.2) is 4.39 Å². The Labute approximate surface area is 225 Å². The fourth-order valence-corrected chi connectivity index (χ4v) is 4.67. The molecule has 3 heterocycles. The summed E-state index contributed by atoms with van der Waals surface area (Å²) in [6.45, 7) is 7.70. The van der Waals surface area contributed by atoms with Crippen LogP contribution in [0.5, 0.6) is 11.5 Å². The molecule has 7 heteroatoms. The zero-order chi connectivity index (χ0) is 27.7. The standard InChI is InChI=1S/C32H28FN3O3/c1-18(2)23-16-26-31(35-17-23)28(13-14-34-26)39-25-11-5-21(6-12-25)15-27(37)30-20(4)36-19(3)29(32(30)38)22-7-9-24(33)10-8-22/h5-14,16-18H,15H2,1-4H3,(H,36,38). The Balaban J connectivity index is 1.37. The highest BCUT2D eigenvalue weighted by atomic mass is 19.1. The van der Waals surface area contributed by atoms with Crippen molar-refractivity contribution in [3.63, 3.8) is 0 Å². The predicted octanol–water partition coefficient (Wildman–Crippen LogP) is 7.08. The minimum atomic E-state index is -0.391. The lowest BCUT2D eigenvalue weighted by Crippen LogP contribution is -2.22. The number of Topliss-reactive ketones (excluding diaryl/α,β-unsaturated/α-hetero) is 1. The van der Waals surface area contributed by atoms with Crippen molar-refractivity contribution >= 4 is 16.8 Å². The average Bonchev–Trinajstić information content (AvgIpc) is 2.90. The van der Waals surface area contributed by atoms with Gasteiger partial charge in [-0.1, -0.05) is 38.1 Å². The second-order valence-corrected chi connectivity index (χ2v) is 9.91. The van der Waals surface area contributed by atoms with Crippen molar-refractivity contribution in [3.05, 3.63) is 117 Å². The molecule has 0 saturated carbocycles. The van der Waals surface area contributed by atoms with Crippen LogP contribution in [0.25, 0.3) is 22.2 Å². The van der Waals surface area contributed by atoms with E-state index in [1.165, 1.54) is 12.1 Å². The van der Waals surface area contributed by atoms with Gasteiger partial charge in [0.1, 0.15) is 17.1 Å². The number of hydrogen-bond acceptors (Lipinski definition) is 5. The van der Waals surface area contributed by atoms with Crippen LogP contribution < -0.4 is 10.2 Å². The summed E-state index contributed by atoms with van der Waals surface area (Å²) in [7, 11) is 0. The first-order valence-corrected chi connectivity index (χ1v) is 12.8. The van der Waals surface area contributed by atoms with Crippen LogP contribution in [0.15, 0.2) is 77.9 Å². The molecule has 0 unspecified atom stereocenters. The molecule has 0 spiro atoms. The Morgan fingerprint density at radius 3 is 2.38 bits per heavy atom. The number of hydrogen-bond donors (Lipinski definition) is 1. The van der Waals surface area contributed by atoms with Gasteiger partial charge in [-0.15, -0.1) is 0 Å². The highest BCUT2D eigenvalue weighted by Gasteiger charge is 2.20. The Kier molecular flexibility index (Phi) is 7.07. The second kappa shape index (κ2) is 10.6. The zero-order valence-electron chi connectivity index (χ0n) is 22.2. The molecule has 196 valence electrons. The summed E-state index contributed by atoms with van der Waals surface area (Å²) in [5, 5.41) is 0. The van der Waals surface area contributed by atoms with Crippen molar-refractivity contribution in [2.75, 3.05) is 0 Å². The first kappa shape index (κ1) is 26.0. The van der Waals surface area contributed by atoms with E-state index in [1.807, 2.05) is 12.3 Å². The largest absolute Gasteiger partial charge is 0.455 e. The van der Waals surface area contributed by atoms with Crippen LogP contribution in [-0.4, -0.2) is 20.7 Å². The summed E-state index contributed by atoms with van der Waals surface area (Å²) in [5.41, 5.74) is 5.09. The second-order valence-electron chi connectivity index (χ2n) is 9.91. The van der Waals surface area contributed by atoms with E-state index < -0.39 is 5.82 Å². The summed E-state index contributed by atoms with van der Waals surface area (Å²) in [6, 6.07) is 16.7. The number of benzene rings is 2. The van der Waals surface area contributed by atoms with Gasteiger partial charge in [-0.05, 0) is 66.8 Å². The molecule has 39 heavy (non-hydrogen) atoms. The van der Waals surface area contributed by atoms with Gasteiger partial charge in [-0.3, -0.25) is 19.6 Å². The fourth-order valence-electron chi connectivity index (χ4n) is 4.67. The molecule has 2 aromatic carbocycles. The number of nitrogens with zero attached hydrogens (tertiary/aromatic N) is 2. The average molecular weight is 522 g/mol. The van der Waals surface area contributed by atoms with Gasteiger partial charge in [0.15, 0.2) is 11.5 Å². The van der Waals surface area contributed by atoms with Gasteiger partial charge in [-0.2, -0.15) is 0 Å². The monoisotopic (exact) mass is 521 g/mol. The van der Waals surface area contributed by atoms with Crippen molar-refractivity contribution < 1.29 is 13.9 Å². The normalized spacial score (nSPS) is 11.2. The van der Waals surface area contributed by atoms with E-state index in [4.69, 9.17) is 4.74 Å². The number of H-pyrrole nitrogens is 1. The smallest absolute Gasteiger partial charge is 0.200 e. The summed E-state index contributed by atoms with van der Waals surface area (Å²) < 4.78 is 19.5. The first-order chi connectivity index (χ1) is 18.7. The minimum absolute atomic E-state index is 0.0494. The zero-order valence-corrected chi connectivity index (χ0v) is 22.2. The lowest BCUT2D eigenvalue weighted by atomic mass is 9.96. The number of nitrogens with one attached hydrogen (secondary N) is 1. The number of aromatic nitrogens is 3. The number of aryl methyl sites for hydroxylation is 2. The van der Waals surface area contributed by atoms with Crippen molar-refractivity contribution in [1.29, 1.82) is 0 Å². The van der Waals surface area contributed by atoms with E-state index in [2.05, 4.69) is 28.8 Å². The van der Waals surface area contributed by atoms with Crippen LogP contribution in [0.4, 0.5) is 4.39 Å². The molecular formula is C32H28FN3O3. The van der Waals surface area contributed by atoms with Crippen LogP contribution in [0.2, 0.25) is 0 Å². The molecule has 0 radical (unpaired) electrons. The van der Waals surface area contributed by atoms with E-state index >= 15 is 0 Å². The third-order valence-corrected chi connectivity index (χ3v) is 6.74. The number of ketones is 1. The van der Waals surface area contributed by atoms with Gasteiger partial charge in [0, 0.05) is 41.8 Å². The summed E-state index contributed by atoms with van der Waals surface area (Å²) >= 11 is 0. The molecule has 0 aliphatic rings. The summed E-state index contributed by atoms with van der Waals surface area (Å²) in [5.74, 6) is 0.844. The van der Waals surface area contributed by atoms with E-state index in [0.717, 1.165) is 16.6 Å². The van der Waals surface area contributed by atoms with Crippen LogP contribution in [0.1, 0.15) is 52.6 Å². The number of ether oxygens (including phenoxy) is 1. The van der Waals surface area contributed by atoms with Crippen LogP contribution >= 0.6 is 0 Å². The van der Waals surface area contributed by atoms with E-state index in [-0.39, 0.29) is 23.2 Å². The predicted molar refractivity (Wildman–Crippen MR) is 150 cm³/mol. The van der Waals surface area contributed by atoms with Gasteiger partial charge in [0.25, 0.3) is 0 Å². The number of aromatic amines is 1. The highest BCUT2D eigenvalue weighted by Crippen LogP contribution is 2.29.